The number of nitrogens with zero attached hydrogens (tertiary/aromatic N) is 2. The van der Waals surface area contributed by atoms with Crippen molar-refractivity contribution in [1.82, 2.24) is 10.2 Å². The first-order valence-electron chi connectivity index (χ1n) is 5.37. The lowest BCUT2D eigenvalue weighted by Crippen LogP contribution is -2.12. The van der Waals surface area contributed by atoms with Crippen LogP contribution in [0.25, 0.3) is 0 Å². The first kappa shape index (κ1) is 13.3. The highest BCUT2D eigenvalue weighted by atomic mass is 32.1. The van der Waals surface area contributed by atoms with E-state index in [2.05, 4.69) is 27.7 Å². The summed E-state index contributed by atoms with van der Waals surface area (Å²) in [7, 11) is 0. The number of nitrogens with one attached hydrogen (secondary N) is 1. The number of benzene rings is 1. The molecular formula is C12H10F2N4S. The molecule has 0 radical (unpaired) electrons. The highest BCUT2D eigenvalue weighted by Gasteiger charge is 2.12. The van der Waals surface area contributed by atoms with Crippen LogP contribution in [-0.2, 0) is 6.54 Å². The summed E-state index contributed by atoms with van der Waals surface area (Å²) in [5.41, 5.74) is 5.80. The third kappa shape index (κ3) is 3.19. The molecule has 2 aromatic rings. The summed E-state index contributed by atoms with van der Waals surface area (Å²) < 4.78 is 27.4. The van der Waals surface area contributed by atoms with Crippen molar-refractivity contribution in [2.24, 2.45) is 5.73 Å². The summed E-state index contributed by atoms with van der Waals surface area (Å²) in [5.74, 6) is -1.52. The average Bonchev–Trinajstić information content (AvgIpc) is 2.38. The van der Waals surface area contributed by atoms with Crippen molar-refractivity contribution in [3.63, 3.8) is 0 Å². The second-order valence-corrected chi connectivity index (χ2v) is 4.19. The minimum absolute atomic E-state index is 0.0572. The molecule has 2 rings (SSSR count). The average molecular weight is 280 g/mol. The fourth-order valence-corrected chi connectivity index (χ4v) is 1.61. The Morgan fingerprint density at radius 2 is 2.00 bits per heavy atom. The van der Waals surface area contributed by atoms with Crippen LogP contribution in [-0.4, -0.2) is 15.2 Å². The molecule has 1 aromatic carbocycles. The van der Waals surface area contributed by atoms with Gasteiger partial charge in [-0.1, -0.05) is 12.2 Å². The van der Waals surface area contributed by atoms with Crippen molar-refractivity contribution < 1.29 is 8.78 Å². The van der Waals surface area contributed by atoms with Gasteiger partial charge in [0.15, 0.2) is 0 Å². The maximum atomic E-state index is 13.7. The van der Waals surface area contributed by atoms with Gasteiger partial charge in [0, 0.05) is 11.8 Å². The first-order valence-corrected chi connectivity index (χ1v) is 5.78. The lowest BCUT2D eigenvalue weighted by molar-refractivity contribution is 0.587. The van der Waals surface area contributed by atoms with Crippen molar-refractivity contribution in [2.45, 2.75) is 6.54 Å². The van der Waals surface area contributed by atoms with Gasteiger partial charge in [-0.05, 0) is 24.3 Å². The summed E-state index contributed by atoms with van der Waals surface area (Å²) >= 11 is 4.67. The molecule has 19 heavy (non-hydrogen) atoms. The minimum atomic E-state index is -0.758. The molecule has 0 saturated heterocycles. The molecule has 3 N–H and O–H groups in total. The molecule has 4 nitrogen and oxygen atoms in total. The Bertz CT molecular complexity index is 581. The van der Waals surface area contributed by atoms with Gasteiger partial charge in [-0.25, -0.2) is 8.78 Å². The zero-order valence-corrected chi connectivity index (χ0v) is 10.5. The summed E-state index contributed by atoms with van der Waals surface area (Å²) in [4.78, 5) is -0.0572. The van der Waals surface area contributed by atoms with Crippen LogP contribution in [0.15, 0.2) is 30.5 Å². The molecule has 98 valence electrons. The zero-order chi connectivity index (χ0) is 13.8. The summed E-state index contributed by atoms with van der Waals surface area (Å²) in [5, 5.41) is 10.1. The molecule has 0 spiro atoms. The predicted octanol–water partition coefficient (Wildman–Crippen LogP) is 2.00. The molecule has 7 heteroatoms. The van der Waals surface area contributed by atoms with E-state index in [1.807, 2.05) is 0 Å². The van der Waals surface area contributed by atoms with Gasteiger partial charge in [0.2, 0.25) is 0 Å². The first-order chi connectivity index (χ1) is 9.08. The van der Waals surface area contributed by atoms with E-state index in [4.69, 9.17) is 5.73 Å². The van der Waals surface area contributed by atoms with Crippen LogP contribution < -0.4 is 11.1 Å². The molecule has 0 unspecified atom stereocenters. The van der Waals surface area contributed by atoms with Crippen molar-refractivity contribution in [3.05, 3.63) is 53.4 Å². The van der Waals surface area contributed by atoms with Crippen LogP contribution in [0.1, 0.15) is 11.3 Å². The molecule has 0 atom stereocenters. The largest absolute Gasteiger partial charge is 0.389 e. The number of hydrogen-bond donors (Lipinski definition) is 2. The Labute approximate surface area is 113 Å². The van der Waals surface area contributed by atoms with Crippen LogP contribution in [0.5, 0.6) is 0 Å². The lowest BCUT2D eigenvalue weighted by atomic mass is 10.2. The molecule has 0 fully saturated rings. The normalized spacial score (nSPS) is 10.2. The Balaban J connectivity index is 2.19. The van der Waals surface area contributed by atoms with Gasteiger partial charge in [0.1, 0.15) is 22.3 Å². The van der Waals surface area contributed by atoms with Gasteiger partial charge < -0.3 is 11.1 Å². The quantitative estimate of drug-likeness (QED) is 0.839. The van der Waals surface area contributed by atoms with Crippen molar-refractivity contribution >= 4 is 22.9 Å². The van der Waals surface area contributed by atoms with Gasteiger partial charge in [-0.3, -0.25) is 0 Å². The Morgan fingerprint density at radius 3 is 2.53 bits per heavy atom. The Kier molecular flexibility index (Phi) is 3.96. The van der Waals surface area contributed by atoms with Crippen LogP contribution in [0, 0.1) is 11.6 Å². The minimum Gasteiger partial charge on any atom is -0.389 e. The van der Waals surface area contributed by atoms with Gasteiger partial charge in [0.05, 0.1) is 12.2 Å². The van der Waals surface area contributed by atoms with Gasteiger partial charge in [-0.2, -0.15) is 10.2 Å². The van der Waals surface area contributed by atoms with Crippen LogP contribution >= 0.6 is 12.2 Å². The zero-order valence-electron chi connectivity index (χ0n) is 9.73. The third-order valence-electron chi connectivity index (χ3n) is 2.40. The highest BCUT2D eigenvalue weighted by Crippen LogP contribution is 2.21. The van der Waals surface area contributed by atoms with Crippen LogP contribution in [0.3, 0.4) is 0 Å². The molecule has 0 amide bonds. The molecular weight excluding hydrogens is 270 g/mol. The SMILES string of the molecule is NC(=S)c1cc(F)c(NCc2cccnn2)c(F)c1. The molecule has 1 aromatic heterocycles. The van der Waals surface area contributed by atoms with Crippen LogP contribution in [0.2, 0.25) is 0 Å². The standard InChI is InChI=1S/C12H10F2N4S/c13-9-4-7(12(15)19)5-10(14)11(9)16-6-8-2-1-3-17-18-8/h1-5,16H,6H2,(H2,15,19). The fraction of sp³-hybridized carbons (Fsp3) is 0.0833. The number of thiocarbonyl (C=S) groups is 1. The van der Waals surface area contributed by atoms with E-state index < -0.39 is 11.6 Å². The monoisotopic (exact) mass is 280 g/mol. The van der Waals surface area contributed by atoms with E-state index in [-0.39, 0.29) is 22.8 Å². The molecule has 0 bridgehead atoms. The van der Waals surface area contributed by atoms with Gasteiger partial charge >= 0.3 is 0 Å². The smallest absolute Gasteiger partial charge is 0.150 e. The summed E-state index contributed by atoms with van der Waals surface area (Å²) in [6.07, 6.45) is 1.52. The summed E-state index contributed by atoms with van der Waals surface area (Å²) in [6.45, 7) is 0.161. The van der Waals surface area contributed by atoms with Crippen molar-refractivity contribution in [2.75, 3.05) is 5.32 Å². The highest BCUT2D eigenvalue weighted by molar-refractivity contribution is 7.80. The van der Waals surface area contributed by atoms with E-state index in [9.17, 15) is 8.78 Å². The number of rotatable bonds is 4. The van der Waals surface area contributed by atoms with E-state index in [1.54, 1.807) is 12.1 Å². The third-order valence-corrected chi connectivity index (χ3v) is 2.64. The number of aromatic nitrogens is 2. The topological polar surface area (TPSA) is 63.8 Å². The van der Waals surface area contributed by atoms with Crippen LogP contribution in [0.4, 0.5) is 14.5 Å². The number of anilines is 1. The second-order valence-electron chi connectivity index (χ2n) is 3.75. The molecule has 0 aliphatic rings. The van der Waals surface area contributed by atoms with E-state index >= 15 is 0 Å². The van der Waals surface area contributed by atoms with Crippen molar-refractivity contribution in [1.29, 1.82) is 0 Å². The van der Waals surface area contributed by atoms with Gasteiger partial charge in [-0.15, -0.1) is 0 Å². The summed E-state index contributed by atoms with van der Waals surface area (Å²) in [6, 6.07) is 5.56. The molecule has 1 heterocycles. The van der Waals surface area contributed by atoms with Crippen molar-refractivity contribution in [3.8, 4) is 0 Å². The van der Waals surface area contributed by atoms with E-state index in [0.29, 0.717) is 5.69 Å². The molecule has 0 aliphatic heterocycles. The predicted molar refractivity (Wildman–Crippen MR) is 71.6 cm³/mol. The molecule has 0 aliphatic carbocycles. The Hall–Kier alpha value is -2.15. The fourth-order valence-electron chi connectivity index (χ4n) is 1.49. The van der Waals surface area contributed by atoms with E-state index in [1.165, 1.54) is 6.20 Å². The number of halogens is 2. The molecule has 0 saturated carbocycles. The number of hydrogen-bond acceptors (Lipinski definition) is 4. The Morgan fingerprint density at radius 1 is 1.32 bits per heavy atom. The number of nitrogens with two attached hydrogens (primary N) is 1. The lowest BCUT2D eigenvalue weighted by Gasteiger charge is -2.09. The van der Waals surface area contributed by atoms with E-state index in [0.717, 1.165) is 12.1 Å². The maximum absolute atomic E-state index is 13.7. The second kappa shape index (κ2) is 5.66. The van der Waals surface area contributed by atoms with Gasteiger partial charge in [0.25, 0.3) is 0 Å². The maximum Gasteiger partial charge on any atom is 0.150 e.